The third-order valence-corrected chi connectivity index (χ3v) is 2.09. The highest BCUT2D eigenvalue weighted by molar-refractivity contribution is 5.73. The topological polar surface area (TPSA) is 82.3 Å². The van der Waals surface area contributed by atoms with Crippen LogP contribution in [0.1, 0.15) is 5.56 Å². The Labute approximate surface area is 93.3 Å². The Morgan fingerprint density at radius 1 is 1.62 bits per heavy atom. The summed E-state index contributed by atoms with van der Waals surface area (Å²) in [6.07, 6.45) is -0.924. The minimum Gasteiger partial charge on any atom is -0.479 e. The second-order valence-electron chi connectivity index (χ2n) is 3.10. The molecule has 0 fully saturated rings. The Kier molecular flexibility index (Phi) is 4.30. The molecule has 0 aromatic heterocycles. The molecule has 16 heavy (non-hydrogen) atoms. The van der Waals surface area contributed by atoms with E-state index in [1.807, 2.05) is 6.07 Å². The molecule has 5 nitrogen and oxygen atoms in total. The summed E-state index contributed by atoms with van der Waals surface area (Å²) in [6, 6.07) is 8.90. The standard InChI is InChI=1S/C11H12N2O3/c1-16-10(11(14)15)7-13-9-5-3-2-4-8(9)6-12/h2-5,10,13H,7H2,1H3,(H,14,15). The summed E-state index contributed by atoms with van der Waals surface area (Å²) in [7, 11) is 1.33. The first-order valence-electron chi connectivity index (χ1n) is 4.67. The minimum atomic E-state index is -1.04. The van der Waals surface area contributed by atoms with Gasteiger partial charge in [-0.2, -0.15) is 5.26 Å². The average molecular weight is 220 g/mol. The summed E-state index contributed by atoms with van der Waals surface area (Å²) < 4.78 is 4.76. The van der Waals surface area contributed by atoms with E-state index in [2.05, 4.69) is 5.32 Å². The van der Waals surface area contributed by atoms with Crippen molar-refractivity contribution in [1.82, 2.24) is 0 Å². The zero-order valence-corrected chi connectivity index (χ0v) is 8.80. The number of para-hydroxylation sites is 1. The summed E-state index contributed by atoms with van der Waals surface area (Å²) in [4.78, 5) is 10.7. The Bertz CT molecular complexity index is 412. The number of methoxy groups -OCH3 is 1. The fourth-order valence-corrected chi connectivity index (χ4v) is 1.21. The summed E-state index contributed by atoms with van der Waals surface area (Å²) in [5.74, 6) is -1.04. The molecule has 84 valence electrons. The highest BCUT2D eigenvalue weighted by atomic mass is 16.5. The molecule has 1 aromatic carbocycles. The molecule has 0 amide bonds. The average Bonchev–Trinajstić information content (AvgIpc) is 2.30. The third-order valence-electron chi connectivity index (χ3n) is 2.09. The zero-order chi connectivity index (χ0) is 12.0. The first kappa shape index (κ1) is 12.0. The highest BCUT2D eigenvalue weighted by Gasteiger charge is 2.16. The van der Waals surface area contributed by atoms with E-state index in [1.165, 1.54) is 7.11 Å². The molecular weight excluding hydrogens is 208 g/mol. The van der Waals surface area contributed by atoms with Gasteiger partial charge in [0.15, 0.2) is 6.10 Å². The predicted octanol–water partition coefficient (Wildman–Crippen LogP) is 1.07. The molecule has 1 aromatic rings. The molecule has 5 heteroatoms. The van der Waals surface area contributed by atoms with E-state index in [0.29, 0.717) is 11.3 Å². The number of hydrogen-bond donors (Lipinski definition) is 2. The first-order valence-corrected chi connectivity index (χ1v) is 4.67. The van der Waals surface area contributed by atoms with Gasteiger partial charge in [0.1, 0.15) is 6.07 Å². The van der Waals surface area contributed by atoms with E-state index < -0.39 is 12.1 Å². The molecule has 1 atom stereocenters. The van der Waals surface area contributed by atoms with Crippen LogP contribution < -0.4 is 5.32 Å². The van der Waals surface area contributed by atoms with E-state index >= 15 is 0 Å². The number of aliphatic carboxylic acids is 1. The normalized spacial score (nSPS) is 11.5. The molecule has 0 saturated carbocycles. The van der Waals surface area contributed by atoms with E-state index in [0.717, 1.165) is 0 Å². The van der Waals surface area contributed by atoms with Crippen molar-refractivity contribution in [3.63, 3.8) is 0 Å². The van der Waals surface area contributed by atoms with Gasteiger partial charge in [-0.15, -0.1) is 0 Å². The lowest BCUT2D eigenvalue weighted by Gasteiger charge is -2.13. The van der Waals surface area contributed by atoms with Gasteiger partial charge in [-0.25, -0.2) is 4.79 Å². The number of carboxylic acid groups (broad SMARTS) is 1. The van der Waals surface area contributed by atoms with E-state index in [-0.39, 0.29) is 6.54 Å². The quantitative estimate of drug-likeness (QED) is 0.775. The highest BCUT2D eigenvalue weighted by Crippen LogP contribution is 2.13. The van der Waals surface area contributed by atoms with Gasteiger partial charge < -0.3 is 15.2 Å². The van der Waals surface area contributed by atoms with Crippen molar-refractivity contribution in [1.29, 1.82) is 5.26 Å². The van der Waals surface area contributed by atoms with Crippen LogP contribution in [0.3, 0.4) is 0 Å². The van der Waals surface area contributed by atoms with Crippen LogP contribution in [0.5, 0.6) is 0 Å². The van der Waals surface area contributed by atoms with Gasteiger partial charge in [0.05, 0.1) is 17.8 Å². The van der Waals surface area contributed by atoms with E-state index in [4.69, 9.17) is 15.1 Å². The van der Waals surface area contributed by atoms with Crippen molar-refractivity contribution in [3.8, 4) is 6.07 Å². The minimum absolute atomic E-state index is 0.116. The summed E-state index contributed by atoms with van der Waals surface area (Å²) in [5, 5.41) is 20.4. The van der Waals surface area contributed by atoms with Crippen LogP contribution in [-0.4, -0.2) is 30.8 Å². The lowest BCUT2D eigenvalue weighted by atomic mass is 10.2. The van der Waals surface area contributed by atoms with Crippen LogP contribution in [0.2, 0.25) is 0 Å². The van der Waals surface area contributed by atoms with E-state index in [1.54, 1.807) is 24.3 Å². The third kappa shape index (κ3) is 2.97. The van der Waals surface area contributed by atoms with Gasteiger partial charge in [0.2, 0.25) is 0 Å². The molecule has 0 bridgehead atoms. The fraction of sp³-hybridized carbons (Fsp3) is 0.273. The number of benzene rings is 1. The van der Waals surface area contributed by atoms with Crippen molar-refractivity contribution in [2.75, 3.05) is 19.0 Å². The molecule has 0 radical (unpaired) electrons. The number of carbonyl (C=O) groups is 1. The van der Waals surface area contributed by atoms with Crippen molar-refractivity contribution >= 4 is 11.7 Å². The Morgan fingerprint density at radius 3 is 2.88 bits per heavy atom. The van der Waals surface area contributed by atoms with Crippen molar-refractivity contribution < 1.29 is 14.6 Å². The van der Waals surface area contributed by atoms with Crippen LogP contribution in [0.25, 0.3) is 0 Å². The molecule has 0 aliphatic carbocycles. The van der Waals surface area contributed by atoms with Crippen LogP contribution in [0.4, 0.5) is 5.69 Å². The van der Waals surface area contributed by atoms with Gasteiger partial charge in [0.25, 0.3) is 0 Å². The molecular formula is C11H12N2O3. The van der Waals surface area contributed by atoms with Crippen LogP contribution in [-0.2, 0) is 9.53 Å². The predicted molar refractivity (Wildman–Crippen MR) is 58.1 cm³/mol. The molecule has 1 unspecified atom stereocenters. The summed E-state index contributed by atoms with van der Waals surface area (Å²) in [6.45, 7) is 0.116. The molecule has 2 N–H and O–H groups in total. The SMILES string of the molecule is COC(CNc1ccccc1C#N)C(=O)O. The van der Waals surface area contributed by atoms with Gasteiger partial charge >= 0.3 is 5.97 Å². The van der Waals surface area contributed by atoms with Crippen molar-refractivity contribution in [2.24, 2.45) is 0 Å². The lowest BCUT2D eigenvalue weighted by Crippen LogP contribution is -2.30. The monoisotopic (exact) mass is 220 g/mol. The number of anilines is 1. The van der Waals surface area contributed by atoms with Crippen molar-refractivity contribution in [3.05, 3.63) is 29.8 Å². The number of nitriles is 1. The number of hydrogen-bond acceptors (Lipinski definition) is 4. The van der Waals surface area contributed by atoms with Crippen LogP contribution in [0, 0.1) is 11.3 Å². The number of ether oxygens (including phenoxy) is 1. The number of carboxylic acids is 1. The Morgan fingerprint density at radius 2 is 2.31 bits per heavy atom. The first-order chi connectivity index (χ1) is 7.69. The lowest BCUT2D eigenvalue weighted by molar-refractivity contribution is -0.147. The molecule has 0 spiro atoms. The Balaban J connectivity index is 2.67. The Hall–Kier alpha value is -2.06. The van der Waals surface area contributed by atoms with Gasteiger partial charge in [-0.05, 0) is 12.1 Å². The number of nitrogens with zero attached hydrogens (tertiary/aromatic N) is 1. The van der Waals surface area contributed by atoms with Crippen LogP contribution >= 0.6 is 0 Å². The fourth-order valence-electron chi connectivity index (χ4n) is 1.21. The summed E-state index contributed by atoms with van der Waals surface area (Å²) >= 11 is 0. The maximum atomic E-state index is 10.7. The second-order valence-corrected chi connectivity index (χ2v) is 3.10. The molecule has 0 heterocycles. The molecule has 0 aliphatic rings. The molecule has 0 saturated heterocycles. The maximum Gasteiger partial charge on any atom is 0.334 e. The number of rotatable bonds is 5. The number of nitrogens with one attached hydrogen (secondary N) is 1. The smallest absolute Gasteiger partial charge is 0.334 e. The van der Waals surface area contributed by atoms with Crippen molar-refractivity contribution in [2.45, 2.75) is 6.10 Å². The molecule has 0 aliphatic heterocycles. The largest absolute Gasteiger partial charge is 0.479 e. The van der Waals surface area contributed by atoms with Gasteiger partial charge in [0, 0.05) is 7.11 Å². The molecule has 1 rings (SSSR count). The van der Waals surface area contributed by atoms with Crippen LogP contribution in [0.15, 0.2) is 24.3 Å². The van der Waals surface area contributed by atoms with Gasteiger partial charge in [-0.3, -0.25) is 0 Å². The maximum absolute atomic E-state index is 10.7. The zero-order valence-electron chi connectivity index (χ0n) is 8.80. The summed E-state index contributed by atoms with van der Waals surface area (Å²) in [5.41, 5.74) is 1.08. The van der Waals surface area contributed by atoms with Gasteiger partial charge in [-0.1, -0.05) is 12.1 Å². The second kappa shape index (κ2) is 5.73. The van der Waals surface area contributed by atoms with E-state index in [9.17, 15) is 4.79 Å².